The highest BCUT2D eigenvalue weighted by Crippen LogP contribution is 2.09. The summed E-state index contributed by atoms with van der Waals surface area (Å²) in [5.74, 6) is -4.41. The first kappa shape index (κ1) is 27.3. The zero-order chi connectivity index (χ0) is 23.4. The molecule has 0 aliphatic heterocycles. The molecule has 0 bridgehead atoms. The molecule has 4 unspecified atom stereocenters. The zero-order valence-electron chi connectivity index (χ0n) is 17.9. The van der Waals surface area contributed by atoms with Gasteiger partial charge in [-0.15, -0.1) is 0 Å². The average Bonchev–Trinajstić information content (AvgIpc) is 2.66. The first-order valence-corrected chi connectivity index (χ1v) is 9.96. The Morgan fingerprint density at radius 1 is 0.933 bits per heavy atom. The fraction of sp³-hybridized carbons (Fsp3) is 0.737. The molecule has 0 aromatic heterocycles. The van der Waals surface area contributed by atoms with Crippen molar-refractivity contribution in [1.29, 1.82) is 0 Å². The number of carboxylic acids is 2. The largest absolute Gasteiger partial charge is 0.481 e. The van der Waals surface area contributed by atoms with E-state index in [1.807, 2.05) is 27.7 Å². The number of hydrogen-bond donors (Lipinski definition) is 6. The lowest BCUT2D eigenvalue weighted by Crippen LogP contribution is -2.54. The Kier molecular flexibility index (Phi) is 12.3. The van der Waals surface area contributed by atoms with E-state index in [9.17, 15) is 24.0 Å². The lowest BCUT2D eigenvalue weighted by atomic mass is 9.97. The van der Waals surface area contributed by atoms with Crippen molar-refractivity contribution in [2.45, 2.75) is 71.5 Å². The van der Waals surface area contributed by atoms with Gasteiger partial charge in [-0.2, -0.15) is 0 Å². The lowest BCUT2D eigenvalue weighted by Gasteiger charge is -2.24. The average molecular weight is 431 g/mol. The van der Waals surface area contributed by atoms with Gasteiger partial charge in [0, 0.05) is 6.42 Å². The maximum Gasteiger partial charge on any atom is 0.326 e. The summed E-state index contributed by atoms with van der Waals surface area (Å²) >= 11 is 0. The molecule has 30 heavy (non-hydrogen) atoms. The van der Waals surface area contributed by atoms with Gasteiger partial charge < -0.3 is 31.9 Å². The summed E-state index contributed by atoms with van der Waals surface area (Å²) in [6.07, 6.45) is 0.303. The molecule has 172 valence electrons. The van der Waals surface area contributed by atoms with Crippen molar-refractivity contribution in [3.8, 4) is 0 Å². The molecule has 11 heteroatoms. The number of carbonyl (C=O) groups is 5. The van der Waals surface area contributed by atoms with Crippen molar-refractivity contribution < 1.29 is 34.2 Å². The van der Waals surface area contributed by atoms with E-state index in [1.165, 1.54) is 0 Å². The quantitative estimate of drug-likeness (QED) is 0.211. The van der Waals surface area contributed by atoms with Crippen LogP contribution in [-0.4, -0.2) is 64.5 Å². The zero-order valence-corrected chi connectivity index (χ0v) is 17.9. The van der Waals surface area contributed by atoms with Crippen LogP contribution in [0.5, 0.6) is 0 Å². The van der Waals surface area contributed by atoms with Gasteiger partial charge in [0.05, 0.1) is 12.6 Å². The first-order chi connectivity index (χ1) is 13.9. The summed E-state index contributed by atoms with van der Waals surface area (Å²) < 4.78 is 0. The Morgan fingerprint density at radius 2 is 1.53 bits per heavy atom. The fourth-order valence-electron chi connectivity index (χ4n) is 2.54. The Hall–Kier alpha value is -2.69. The van der Waals surface area contributed by atoms with Gasteiger partial charge in [-0.3, -0.25) is 19.2 Å². The number of carboxylic acid groups (broad SMARTS) is 2. The molecular formula is C19H34N4O7. The van der Waals surface area contributed by atoms with Crippen LogP contribution in [0.3, 0.4) is 0 Å². The minimum Gasteiger partial charge on any atom is -0.481 e. The molecule has 0 spiro atoms. The first-order valence-electron chi connectivity index (χ1n) is 9.96. The van der Waals surface area contributed by atoms with Crippen molar-refractivity contribution in [2.24, 2.45) is 17.6 Å². The van der Waals surface area contributed by atoms with Crippen LogP contribution >= 0.6 is 0 Å². The van der Waals surface area contributed by atoms with E-state index in [0.717, 1.165) is 0 Å². The monoisotopic (exact) mass is 430 g/mol. The van der Waals surface area contributed by atoms with Crippen molar-refractivity contribution in [2.75, 3.05) is 6.54 Å². The third-order valence-corrected chi connectivity index (χ3v) is 4.60. The fourth-order valence-corrected chi connectivity index (χ4v) is 2.54. The molecule has 0 saturated carbocycles. The minimum absolute atomic E-state index is 0.0714. The van der Waals surface area contributed by atoms with Crippen molar-refractivity contribution in [1.82, 2.24) is 16.0 Å². The molecule has 0 saturated heterocycles. The highest BCUT2D eigenvalue weighted by atomic mass is 16.4. The third kappa shape index (κ3) is 10.7. The molecule has 0 heterocycles. The summed E-state index contributed by atoms with van der Waals surface area (Å²) in [5.41, 5.74) is 5.90. The third-order valence-electron chi connectivity index (χ3n) is 4.60. The predicted molar refractivity (Wildman–Crippen MR) is 108 cm³/mol. The van der Waals surface area contributed by atoms with Gasteiger partial charge in [0.1, 0.15) is 12.1 Å². The van der Waals surface area contributed by atoms with E-state index < -0.39 is 60.8 Å². The Morgan fingerprint density at radius 3 is 2.00 bits per heavy atom. The standard InChI is InChI=1S/C19H34N4O7/c1-5-11(4)16(20)18(28)23-13(8-10(2)3)17(27)21-9-14(24)22-12(19(29)30)6-7-15(25)26/h10-13,16H,5-9,20H2,1-4H3,(H,21,27)(H,22,24)(H,23,28)(H,25,26)(H,29,30). The van der Waals surface area contributed by atoms with Gasteiger partial charge in [0.2, 0.25) is 17.7 Å². The van der Waals surface area contributed by atoms with Crippen molar-refractivity contribution in [3.63, 3.8) is 0 Å². The van der Waals surface area contributed by atoms with E-state index >= 15 is 0 Å². The van der Waals surface area contributed by atoms with Gasteiger partial charge >= 0.3 is 11.9 Å². The Labute approximate surface area is 176 Å². The minimum atomic E-state index is -1.38. The van der Waals surface area contributed by atoms with E-state index in [-0.39, 0.29) is 18.3 Å². The molecule has 11 nitrogen and oxygen atoms in total. The van der Waals surface area contributed by atoms with Gasteiger partial charge in [0.15, 0.2) is 0 Å². The number of carbonyl (C=O) groups excluding carboxylic acids is 3. The van der Waals surface area contributed by atoms with Gasteiger partial charge in [0.25, 0.3) is 0 Å². The Balaban J connectivity index is 4.87. The molecule has 0 radical (unpaired) electrons. The van der Waals surface area contributed by atoms with Crippen LogP contribution in [0.1, 0.15) is 53.4 Å². The molecule has 0 aliphatic rings. The van der Waals surface area contributed by atoms with Crippen LogP contribution in [0.25, 0.3) is 0 Å². The second kappa shape index (κ2) is 13.5. The highest BCUT2D eigenvalue weighted by molar-refractivity contribution is 5.92. The van der Waals surface area contributed by atoms with E-state index in [2.05, 4.69) is 16.0 Å². The van der Waals surface area contributed by atoms with Crippen LogP contribution in [0, 0.1) is 11.8 Å². The predicted octanol–water partition coefficient (Wildman–Crippen LogP) is -0.559. The summed E-state index contributed by atoms with van der Waals surface area (Å²) in [4.78, 5) is 58.5. The van der Waals surface area contributed by atoms with Crippen LogP contribution < -0.4 is 21.7 Å². The normalized spacial score (nSPS) is 14.9. The molecule has 0 rings (SSSR count). The summed E-state index contributed by atoms with van der Waals surface area (Å²) in [6.45, 7) is 6.95. The molecule has 7 N–H and O–H groups in total. The number of aliphatic carboxylic acids is 2. The molecule has 4 atom stereocenters. The summed E-state index contributed by atoms with van der Waals surface area (Å²) in [5, 5.41) is 24.8. The molecule has 0 aromatic rings. The lowest BCUT2D eigenvalue weighted by molar-refractivity contribution is -0.143. The van der Waals surface area contributed by atoms with E-state index in [1.54, 1.807) is 0 Å². The Bertz CT molecular complexity index is 624. The molecule has 0 fully saturated rings. The smallest absolute Gasteiger partial charge is 0.326 e. The molecule has 0 aliphatic carbocycles. The van der Waals surface area contributed by atoms with Crippen LogP contribution in [0.4, 0.5) is 0 Å². The van der Waals surface area contributed by atoms with Gasteiger partial charge in [-0.25, -0.2) is 4.79 Å². The molecule has 0 aromatic carbocycles. The maximum atomic E-state index is 12.5. The van der Waals surface area contributed by atoms with Crippen LogP contribution in [0.2, 0.25) is 0 Å². The molecular weight excluding hydrogens is 396 g/mol. The SMILES string of the molecule is CCC(C)C(N)C(=O)NC(CC(C)C)C(=O)NCC(=O)NC(CCC(=O)O)C(=O)O. The number of nitrogens with one attached hydrogen (secondary N) is 3. The summed E-state index contributed by atoms with van der Waals surface area (Å²) in [6, 6.07) is -3.06. The van der Waals surface area contributed by atoms with E-state index in [4.69, 9.17) is 15.9 Å². The summed E-state index contributed by atoms with van der Waals surface area (Å²) in [7, 11) is 0. The second-order valence-electron chi connectivity index (χ2n) is 7.71. The maximum absolute atomic E-state index is 12.5. The van der Waals surface area contributed by atoms with Crippen LogP contribution in [-0.2, 0) is 24.0 Å². The number of nitrogens with two attached hydrogens (primary N) is 1. The van der Waals surface area contributed by atoms with Crippen molar-refractivity contribution in [3.05, 3.63) is 0 Å². The van der Waals surface area contributed by atoms with Gasteiger partial charge in [-0.05, 0) is 24.7 Å². The number of hydrogen-bond acceptors (Lipinski definition) is 6. The topological polar surface area (TPSA) is 188 Å². The highest BCUT2D eigenvalue weighted by Gasteiger charge is 2.27. The number of rotatable bonds is 14. The molecule has 3 amide bonds. The van der Waals surface area contributed by atoms with Crippen molar-refractivity contribution >= 4 is 29.7 Å². The number of amides is 3. The van der Waals surface area contributed by atoms with Crippen LogP contribution in [0.15, 0.2) is 0 Å². The second-order valence-corrected chi connectivity index (χ2v) is 7.71. The van der Waals surface area contributed by atoms with E-state index in [0.29, 0.717) is 12.8 Å². The van der Waals surface area contributed by atoms with Gasteiger partial charge in [-0.1, -0.05) is 34.1 Å².